The summed E-state index contributed by atoms with van der Waals surface area (Å²) < 4.78 is 0. The van der Waals surface area contributed by atoms with Crippen LogP contribution in [0.3, 0.4) is 0 Å². The lowest BCUT2D eigenvalue weighted by molar-refractivity contribution is 0.589. The molecule has 0 saturated carbocycles. The molecule has 1 unspecified atom stereocenters. The minimum atomic E-state index is 0.409. The summed E-state index contributed by atoms with van der Waals surface area (Å²) in [5.41, 5.74) is 0.970. The molecule has 0 aliphatic heterocycles. The van der Waals surface area contributed by atoms with E-state index in [2.05, 4.69) is 39.4 Å². The number of hydrogen-bond acceptors (Lipinski definition) is 5. The number of rotatable bonds is 8. The van der Waals surface area contributed by atoms with E-state index >= 15 is 0 Å². The third-order valence-electron chi connectivity index (χ3n) is 3.51. The van der Waals surface area contributed by atoms with Gasteiger partial charge in [0.05, 0.1) is 0 Å². The lowest BCUT2D eigenvalue weighted by Gasteiger charge is -2.17. The predicted octanol–water partition coefficient (Wildman–Crippen LogP) is 4.30. The van der Waals surface area contributed by atoms with Crippen molar-refractivity contribution in [1.29, 1.82) is 0 Å². The fraction of sp³-hybridized carbons (Fsp3) is 0.471. The van der Waals surface area contributed by atoms with E-state index in [0.29, 0.717) is 23.8 Å². The highest BCUT2D eigenvalue weighted by Crippen LogP contribution is 2.15. The number of anilines is 3. The van der Waals surface area contributed by atoms with Crippen molar-refractivity contribution in [2.45, 2.75) is 52.5 Å². The molecule has 0 aliphatic rings. The third kappa shape index (κ3) is 4.98. The Kier molecular flexibility index (Phi) is 6.13. The fourth-order valence-corrected chi connectivity index (χ4v) is 2.26. The highest BCUT2D eigenvalue weighted by molar-refractivity contribution is 5.53. The van der Waals surface area contributed by atoms with Crippen LogP contribution in [0.25, 0.3) is 0 Å². The molecule has 0 bridgehead atoms. The van der Waals surface area contributed by atoms with Crippen LogP contribution in [0, 0.1) is 6.92 Å². The monoisotopic (exact) mass is 299 g/mol. The largest absolute Gasteiger partial charge is 0.351 e. The first-order valence-electron chi connectivity index (χ1n) is 8.02. The quantitative estimate of drug-likeness (QED) is 0.760. The van der Waals surface area contributed by atoms with Gasteiger partial charge in [-0.15, -0.1) is 0 Å². The molecule has 2 N–H and O–H groups in total. The Morgan fingerprint density at radius 3 is 2.41 bits per heavy atom. The molecule has 1 aromatic heterocycles. The van der Waals surface area contributed by atoms with E-state index in [9.17, 15) is 0 Å². The SMILES string of the molecule is CCCCC(CC)Nc1nc(C)nc(Nc2ccccc2)n1. The van der Waals surface area contributed by atoms with Crippen molar-refractivity contribution in [2.24, 2.45) is 0 Å². The van der Waals surface area contributed by atoms with Gasteiger partial charge >= 0.3 is 0 Å². The Labute approximate surface area is 132 Å². The van der Waals surface area contributed by atoms with Gasteiger partial charge in [-0.25, -0.2) is 0 Å². The second-order valence-electron chi connectivity index (χ2n) is 5.41. The molecule has 1 atom stereocenters. The zero-order valence-electron chi connectivity index (χ0n) is 13.6. The Hall–Kier alpha value is -2.17. The van der Waals surface area contributed by atoms with Gasteiger partial charge in [0.1, 0.15) is 5.82 Å². The molecule has 5 nitrogen and oxygen atoms in total. The number of para-hydroxylation sites is 1. The number of unbranched alkanes of at least 4 members (excludes halogenated alkanes) is 1. The van der Waals surface area contributed by atoms with Gasteiger partial charge in [-0.3, -0.25) is 0 Å². The minimum Gasteiger partial charge on any atom is -0.351 e. The summed E-state index contributed by atoms with van der Waals surface area (Å²) in [5.74, 6) is 1.93. The topological polar surface area (TPSA) is 62.7 Å². The van der Waals surface area contributed by atoms with Crippen LogP contribution in [0.2, 0.25) is 0 Å². The molecule has 1 heterocycles. The molecule has 0 spiro atoms. The first kappa shape index (κ1) is 16.2. The summed E-state index contributed by atoms with van der Waals surface area (Å²) in [6.07, 6.45) is 4.62. The summed E-state index contributed by atoms with van der Waals surface area (Å²) in [6.45, 7) is 6.28. The van der Waals surface area contributed by atoms with Gasteiger partial charge in [0, 0.05) is 11.7 Å². The maximum atomic E-state index is 4.48. The molecule has 1 aromatic carbocycles. The lowest BCUT2D eigenvalue weighted by atomic mass is 10.1. The van der Waals surface area contributed by atoms with E-state index < -0.39 is 0 Å². The van der Waals surface area contributed by atoms with Gasteiger partial charge in [0.25, 0.3) is 0 Å². The van der Waals surface area contributed by atoms with E-state index in [-0.39, 0.29) is 0 Å². The Bertz CT molecular complexity index is 571. The van der Waals surface area contributed by atoms with Crippen molar-refractivity contribution >= 4 is 17.6 Å². The summed E-state index contributed by atoms with van der Waals surface area (Å²) in [4.78, 5) is 13.2. The van der Waals surface area contributed by atoms with E-state index in [1.807, 2.05) is 37.3 Å². The molecule has 0 fully saturated rings. The van der Waals surface area contributed by atoms with Crippen molar-refractivity contribution in [1.82, 2.24) is 15.0 Å². The predicted molar refractivity (Wildman–Crippen MR) is 91.5 cm³/mol. The molecule has 118 valence electrons. The summed E-state index contributed by atoms with van der Waals surface area (Å²) in [6, 6.07) is 10.3. The number of nitrogens with one attached hydrogen (secondary N) is 2. The van der Waals surface area contributed by atoms with Gasteiger partial charge in [0.15, 0.2) is 0 Å². The van der Waals surface area contributed by atoms with Crippen LogP contribution < -0.4 is 10.6 Å². The highest BCUT2D eigenvalue weighted by Gasteiger charge is 2.09. The average molecular weight is 299 g/mol. The number of nitrogens with zero attached hydrogens (tertiary/aromatic N) is 3. The van der Waals surface area contributed by atoms with Crippen molar-refractivity contribution in [2.75, 3.05) is 10.6 Å². The molecule has 2 aromatic rings. The van der Waals surface area contributed by atoms with Crippen molar-refractivity contribution in [3.63, 3.8) is 0 Å². The molecular formula is C17H25N5. The van der Waals surface area contributed by atoms with Crippen molar-refractivity contribution in [3.05, 3.63) is 36.2 Å². The van der Waals surface area contributed by atoms with Crippen LogP contribution in [0.1, 0.15) is 45.4 Å². The van der Waals surface area contributed by atoms with Gasteiger partial charge in [-0.05, 0) is 31.9 Å². The molecule has 0 aliphatic carbocycles. The van der Waals surface area contributed by atoms with Crippen LogP contribution in [0.4, 0.5) is 17.6 Å². The molecule has 0 saturated heterocycles. The lowest BCUT2D eigenvalue weighted by Crippen LogP contribution is -2.20. The first-order valence-corrected chi connectivity index (χ1v) is 8.02. The number of hydrogen-bond donors (Lipinski definition) is 2. The summed E-state index contributed by atoms with van der Waals surface area (Å²) in [5, 5.41) is 6.65. The van der Waals surface area contributed by atoms with Crippen LogP contribution in [0.5, 0.6) is 0 Å². The van der Waals surface area contributed by atoms with Gasteiger partial charge in [-0.1, -0.05) is 44.9 Å². The molecule has 22 heavy (non-hydrogen) atoms. The van der Waals surface area contributed by atoms with Gasteiger partial charge in [0.2, 0.25) is 11.9 Å². The maximum Gasteiger partial charge on any atom is 0.232 e. The fourth-order valence-electron chi connectivity index (χ4n) is 2.26. The Morgan fingerprint density at radius 1 is 1.00 bits per heavy atom. The number of aryl methyl sites for hydroxylation is 1. The van der Waals surface area contributed by atoms with Gasteiger partial charge < -0.3 is 10.6 Å². The molecule has 5 heteroatoms. The maximum absolute atomic E-state index is 4.48. The standard InChI is InChI=1S/C17H25N5/c1-4-6-10-14(5-2)20-16-18-13(3)19-17(22-16)21-15-11-8-7-9-12-15/h7-9,11-12,14H,4-6,10H2,1-3H3,(H2,18,19,20,21,22). The van der Waals surface area contributed by atoms with Crippen molar-refractivity contribution < 1.29 is 0 Å². The van der Waals surface area contributed by atoms with E-state index in [1.54, 1.807) is 0 Å². The van der Waals surface area contributed by atoms with Crippen molar-refractivity contribution in [3.8, 4) is 0 Å². The van der Waals surface area contributed by atoms with E-state index in [0.717, 1.165) is 18.5 Å². The smallest absolute Gasteiger partial charge is 0.232 e. The second kappa shape index (κ2) is 8.32. The van der Waals surface area contributed by atoms with Crippen LogP contribution in [-0.2, 0) is 0 Å². The minimum absolute atomic E-state index is 0.409. The second-order valence-corrected chi connectivity index (χ2v) is 5.41. The Morgan fingerprint density at radius 2 is 1.73 bits per heavy atom. The Balaban J connectivity index is 2.09. The molecule has 0 amide bonds. The molecular weight excluding hydrogens is 274 g/mol. The van der Waals surface area contributed by atoms with E-state index in [1.165, 1.54) is 12.8 Å². The number of aromatic nitrogens is 3. The van der Waals surface area contributed by atoms with E-state index in [4.69, 9.17) is 0 Å². The van der Waals surface area contributed by atoms with Crippen LogP contribution in [-0.4, -0.2) is 21.0 Å². The number of benzene rings is 1. The summed E-state index contributed by atoms with van der Waals surface area (Å²) >= 11 is 0. The first-order chi connectivity index (χ1) is 10.7. The zero-order valence-corrected chi connectivity index (χ0v) is 13.6. The van der Waals surface area contributed by atoms with Crippen LogP contribution >= 0.6 is 0 Å². The highest BCUT2D eigenvalue weighted by atomic mass is 15.2. The average Bonchev–Trinajstić information content (AvgIpc) is 2.52. The normalized spacial score (nSPS) is 12.0. The van der Waals surface area contributed by atoms with Gasteiger partial charge in [-0.2, -0.15) is 15.0 Å². The molecule has 2 rings (SSSR count). The molecule has 0 radical (unpaired) electrons. The third-order valence-corrected chi connectivity index (χ3v) is 3.51. The summed E-state index contributed by atoms with van der Waals surface area (Å²) in [7, 11) is 0. The van der Waals surface area contributed by atoms with Crippen LogP contribution in [0.15, 0.2) is 30.3 Å². The zero-order chi connectivity index (χ0) is 15.8.